The summed E-state index contributed by atoms with van der Waals surface area (Å²) in [5.74, 6) is 0.629. The summed E-state index contributed by atoms with van der Waals surface area (Å²) < 4.78 is 2.22. The Balaban J connectivity index is 1.84. The van der Waals surface area contributed by atoms with Crippen molar-refractivity contribution in [2.75, 3.05) is 38.1 Å². The number of hydrogen-bond donors (Lipinski definition) is 0. The van der Waals surface area contributed by atoms with Gasteiger partial charge in [-0.15, -0.1) is 0 Å². The lowest BCUT2D eigenvalue weighted by Crippen LogP contribution is -2.47. The van der Waals surface area contributed by atoms with Crippen molar-refractivity contribution >= 4 is 46.1 Å². The van der Waals surface area contributed by atoms with Gasteiger partial charge in [0, 0.05) is 38.3 Å². The molecule has 188 valence electrons. The van der Waals surface area contributed by atoms with Crippen LogP contribution in [-0.2, 0) is 11.3 Å². The first-order chi connectivity index (χ1) is 17.3. The molecule has 1 unspecified atom stereocenters. The number of anilines is 1. The molecule has 1 amide bonds. The van der Waals surface area contributed by atoms with Crippen LogP contribution < -0.4 is 10.5 Å². The molecule has 2 aromatic rings. The Morgan fingerprint density at radius 2 is 1.83 bits per heavy atom. The van der Waals surface area contributed by atoms with Crippen LogP contribution in [-0.4, -0.2) is 57.8 Å². The van der Waals surface area contributed by atoms with E-state index in [-0.39, 0.29) is 23.1 Å². The Morgan fingerprint density at radius 1 is 1.17 bits per heavy atom. The number of hydrogen-bond acceptors (Lipinski definition) is 7. The minimum absolute atomic E-state index is 0.126. The molecule has 36 heavy (non-hydrogen) atoms. The molecule has 2 aliphatic heterocycles. The van der Waals surface area contributed by atoms with Gasteiger partial charge in [0.15, 0.2) is 0 Å². The second-order valence-corrected chi connectivity index (χ2v) is 10.9. The van der Waals surface area contributed by atoms with Gasteiger partial charge in [-0.05, 0) is 44.5 Å². The van der Waals surface area contributed by atoms with Gasteiger partial charge in [-0.2, -0.15) is 5.26 Å². The molecule has 0 aliphatic carbocycles. The van der Waals surface area contributed by atoms with E-state index in [1.807, 2.05) is 50.3 Å². The maximum absolute atomic E-state index is 13.6. The highest BCUT2D eigenvalue weighted by molar-refractivity contribution is 8.26. The Morgan fingerprint density at radius 3 is 2.44 bits per heavy atom. The zero-order valence-corrected chi connectivity index (χ0v) is 22.8. The van der Waals surface area contributed by atoms with Crippen LogP contribution >= 0.6 is 24.0 Å². The molecule has 2 saturated heterocycles. The van der Waals surface area contributed by atoms with Crippen molar-refractivity contribution in [1.82, 2.24) is 14.4 Å². The van der Waals surface area contributed by atoms with Crippen LogP contribution in [0, 0.1) is 18.3 Å². The van der Waals surface area contributed by atoms with Crippen molar-refractivity contribution in [2.24, 2.45) is 0 Å². The molecule has 0 spiro atoms. The molecule has 9 heteroatoms. The summed E-state index contributed by atoms with van der Waals surface area (Å²) in [5.41, 5.74) is 2.21. The first kappa shape index (κ1) is 26.1. The lowest BCUT2D eigenvalue weighted by atomic mass is 10.0. The molecule has 1 aromatic carbocycles. The van der Waals surface area contributed by atoms with E-state index >= 15 is 0 Å². The van der Waals surface area contributed by atoms with E-state index in [9.17, 15) is 14.9 Å². The van der Waals surface area contributed by atoms with E-state index in [1.54, 1.807) is 16.4 Å². The SMILES string of the molecule is CCCn1c(N2CCN(C)CC2)c(/C=C2/SC(=S)N(C(C)c3ccccc3)C2=O)c(C)c(C#N)c1=O. The average Bonchev–Trinajstić information content (AvgIpc) is 3.15. The molecular formula is C27H31N5O2S2. The Labute approximate surface area is 222 Å². The van der Waals surface area contributed by atoms with Gasteiger partial charge in [-0.3, -0.25) is 19.1 Å². The summed E-state index contributed by atoms with van der Waals surface area (Å²) in [6.45, 7) is 9.55. The van der Waals surface area contributed by atoms with E-state index in [0.29, 0.717) is 21.3 Å². The number of carbonyl (C=O) groups is 1. The summed E-state index contributed by atoms with van der Waals surface area (Å²) in [6, 6.07) is 11.7. The maximum atomic E-state index is 13.6. The van der Waals surface area contributed by atoms with Crippen molar-refractivity contribution in [1.29, 1.82) is 5.26 Å². The zero-order chi connectivity index (χ0) is 26.0. The third-order valence-corrected chi connectivity index (χ3v) is 8.20. The number of benzene rings is 1. The van der Waals surface area contributed by atoms with Gasteiger partial charge in [0.1, 0.15) is 21.8 Å². The first-order valence-corrected chi connectivity index (χ1v) is 13.4. The number of carbonyl (C=O) groups excluding carboxylic acids is 1. The summed E-state index contributed by atoms with van der Waals surface area (Å²) in [7, 11) is 2.08. The van der Waals surface area contributed by atoms with Crippen molar-refractivity contribution in [3.8, 4) is 6.07 Å². The van der Waals surface area contributed by atoms with E-state index < -0.39 is 0 Å². The minimum atomic E-state index is -0.270. The lowest BCUT2D eigenvalue weighted by Gasteiger charge is -2.36. The van der Waals surface area contributed by atoms with Crippen molar-refractivity contribution in [2.45, 2.75) is 39.8 Å². The van der Waals surface area contributed by atoms with Crippen LogP contribution in [0.25, 0.3) is 6.08 Å². The fourth-order valence-electron chi connectivity index (χ4n) is 4.76. The highest BCUT2D eigenvalue weighted by Crippen LogP contribution is 2.39. The Kier molecular flexibility index (Phi) is 7.98. The third-order valence-electron chi connectivity index (χ3n) is 6.86. The maximum Gasteiger partial charge on any atom is 0.270 e. The topological polar surface area (TPSA) is 72.6 Å². The summed E-state index contributed by atoms with van der Waals surface area (Å²) in [6.07, 6.45) is 2.59. The molecule has 2 aliphatic rings. The van der Waals surface area contributed by atoms with Crippen molar-refractivity contribution < 1.29 is 4.79 Å². The molecular weight excluding hydrogens is 490 g/mol. The van der Waals surface area contributed by atoms with Crippen molar-refractivity contribution in [3.63, 3.8) is 0 Å². The van der Waals surface area contributed by atoms with Crippen LogP contribution in [0.2, 0.25) is 0 Å². The Hall–Kier alpha value is -2.93. The van der Waals surface area contributed by atoms with Gasteiger partial charge in [-0.25, -0.2) is 0 Å². The quantitative estimate of drug-likeness (QED) is 0.418. The molecule has 0 N–H and O–H groups in total. The fourth-order valence-corrected chi connectivity index (χ4v) is 6.16. The molecule has 0 radical (unpaired) electrons. The molecule has 0 bridgehead atoms. The van der Waals surface area contributed by atoms with Gasteiger partial charge in [0.25, 0.3) is 11.5 Å². The molecule has 1 atom stereocenters. The zero-order valence-electron chi connectivity index (χ0n) is 21.2. The number of amides is 1. The van der Waals surface area contributed by atoms with E-state index in [0.717, 1.165) is 49.5 Å². The smallest absolute Gasteiger partial charge is 0.270 e. The summed E-state index contributed by atoms with van der Waals surface area (Å²) in [5, 5.41) is 9.84. The second-order valence-electron chi connectivity index (χ2n) is 9.23. The number of nitrogens with zero attached hydrogens (tertiary/aromatic N) is 5. The normalized spacial score (nSPS) is 18.7. The number of thiocarbonyl (C=S) groups is 1. The largest absolute Gasteiger partial charge is 0.355 e. The molecule has 3 heterocycles. The van der Waals surface area contributed by atoms with Crippen molar-refractivity contribution in [3.05, 3.63) is 67.8 Å². The van der Waals surface area contributed by atoms with Gasteiger partial charge in [0.05, 0.1) is 10.9 Å². The highest BCUT2D eigenvalue weighted by Gasteiger charge is 2.37. The number of likely N-dealkylation sites (N-methyl/N-ethyl adjacent to an activating group) is 1. The van der Waals surface area contributed by atoms with E-state index in [4.69, 9.17) is 12.2 Å². The average molecular weight is 522 g/mol. The summed E-state index contributed by atoms with van der Waals surface area (Å²) in [4.78, 5) is 33.6. The molecule has 4 rings (SSSR count). The third kappa shape index (κ3) is 4.85. The van der Waals surface area contributed by atoms with Gasteiger partial charge >= 0.3 is 0 Å². The van der Waals surface area contributed by atoms with E-state index in [2.05, 4.69) is 22.9 Å². The number of nitriles is 1. The van der Waals surface area contributed by atoms with Gasteiger partial charge in [0.2, 0.25) is 0 Å². The highest BCUT2D eigenvalue weighted by atomic mass is 32.2. The first-order valence-electron chi connectivity index (χ1n) is 12.2. The predicted octanol–water partition coefficient (Wildman–Crippen LogP) is 4.15. The summed E-state index contributed by atoms with van der Waals surface area (Å²) >= 11 is 6.90. The molecule has 1 aromatic heterocycles. The lowest BCUT2D eigenvalue weighted by molar-refractivity contribution is -0.123. The minimum Gasteiger partial charge on any atom is -0.355 e. The van der Waals surface area contributed by atoms with Crippen LogP contribution in [0.3, 0.4) is 0 Å². The second kappa shape index (κ2) is 11.0. The van der Waals surface area contributed by atoms with Crippen LogP contribution in [0.5, 0.6) is 0 Å². The number of thioether (sulfide) groups is 1. The predicted molar refractivity (Wildman–Crippen MR) is 150 cm³/mol. The molecule has 2 fully saturated rings. The van der Waals surface area contributed by atoms with Crippen LogP contribution in [0.4, 0.5) is 5.82 Å². The fraction of sp³-hybridized carbons (Fsp3) is 0.407. The standard InChI is InChI=1S/C27H31N5O2S2/c1-5-11-31-24(30-14-12-29(4)13-15-30)21(18(2)22(17-28)25(31)33)16-23-26(34)32(27(35)36-23)19(3)20-9-7-6-8-10-20/h6-10,16,19H,5,11-15H2,1-4H3/b23-16+. The monoisotopic (exact) mass is 521 g/mol. The van der Waals surface area contributed by atoms with Gasteiger partial charge in [-0.1, -0.05) is 61.2 Å². The number of pyridine rings is 1. The number of piperazine rings is 1. The van der Waals surface area contributed by atoms with Crippen LogP contribution in [0.1, 0.15) is 48.6 Å². The molecule has 0 saturated carbocycles. The number of aromatic nitrogens is 1. The van der Waals surface area contributed by atoms with Gasteiger partial charge < -0.3 is 9.80 Å². The molecule has 7 nitrogen and oxygen atoms in total. The van der Waals surface area contributed by atoms with E-state index in [1.165, 1.54) is 11.8 Å². The van der Waals surface area contributed by atoms with Crippen LogP contribution in [0.15, 0.2) is 40.0 Å². The number of rotatable bonds is 6. The Bertz CT molecular complexity index is 1300.